The molecule has 5 nitrogen and oxygen atoms in total. The van der Waals surface area contributed by atoms with Crippen LogP contribution >= 0.6 is 15.9 Å². The Labute approximate surface area is 117 Å². The first-order valence-electron chi connectivity index (χ1n) is 5.71. The summed E-state index contributed by atoms with van der Waals surface area (Å²) >= 11 is 3.12. The number of nitrogens with one attached hydrogen (secondary N) is 1. The highest BCUT2D eigenvalue weighted by molar-refractivity contribution is 9.10. The fourth-order valence-electron chi connectivity index (χ4n) is 1.76. The molecule has 1 aromatic carbocycles. The van der Waals surface area contributed by atoms with Crippen LogP contribution in [-0.4, -0.2) is 26.8 Å². The highest BCUT2D eigenvalue weighted by atomic mass is 79.9. The molecule has 0 spiro atoms. The molecule has 0 aliphatic rings. The molecule has 2 aromatic rings. The van der Waals surface area contributed by atoms with Gasteiger partial charge in [0.25, 0.3) is 0 Å². The monoisotopic (exact) mass is 331 g/mol. The van der Waals surface area contributed by atoms with Crippen LogP contribution in [0.4, 0.5) is 8.78 Å². The molecule has 0 saturated carbocycles. The fraction of sp³-hybridized carbons (Fsp3) is 0.364. The lowest BCUT2D eigenvalue weighted by Crippen LogP contribution is -2.22. The molecule has 1 N–H and O–H groups in total. The van der Waals surface area contributed by atoms with Crippen molar-refractivity contribution in [2.75, 3.05) is 6.54 Å². The van der Waals surface area contributed by atoms with Crippen molar-refractivity contribution in [3.63, 3.8) is 0 Å². The number of tetrazole rings is 1. The molecule has 0 bridgehead atoms. The van der Waals surface area contributed by atoms with E-state index in [0.29, 0.717) is 5.82 Å². The minimum Gasteiger partial charge on any atom is -0.308 e. The summed E-state index contributed by atoms with van der Waals surface area (Å²) in [6.07, 6.45) is 0. The predicted molar refractivity (Wildman–Crippen MR) is 68.9 cm³/mol. The standard InChI is InChI=1S/C11H12BrF2N5/c1-3-15-6(2)11-16-17-18-19(11)10-8(12)4-7(13)5-9(10)14/h4-6,15H,3H2,1-2H3. The second-order valence-corrected chi connectivity index (χ2v) is 4.80. The lowest BCUT2D eigenvalue weighted by molar-refractivity contribution is 0.534. The predicted octanol–water partition coefficient (Wildman–Crippen LogP) is 2.37. The van der Waals surface area contributed by atoms with E-state index in [-0.39, 0.29) is 16.2 Å². The molecular weight excluding hydrogens is 320 g/mol. The average Bonchev–Trinajstić information content (AvgIpc) is 2.77. The molecule has 0 aliphatic heterocycles. The third kappa shape index (κ3) is 2.79. The Hall–Kier alpha value is -1.41. The first kappa shape index (κ1) is 14.0. The van der Waals surface area contributed by atoms with Crippen LogP contribution in [0.2, 0.25) is 0 Å². The Morgan fingerprint density at radius 2 is 2.16 bits per heavy atom. The maximum atomic E-state index is 13.9. The van der Waals surface area contributed by atoms with Crippen molar-refractivity contribution in [3.05, 3.63) is 34.1 Å². The van der Waals surface area contributed by atoms with Crippen LogP contribution in [-0.2, 0) is 0 Å². The molecule has 2 rings (SSSR count). The quantitative estimate of drug-likeness (QED) is 0.934. The molecule has 0 fully saturated rings. The van der Waals surface area contributed by atoms with E-state index in [1.54, 1.807) is 0 Å². The largest absolute Gasteiger partial charge is 0.308 e. The summed E-state index contributed by atoms with van der Waals surface area (Å²) in [6, 6.07) is 1.81. The smallest absolute Gasteiger partial charge is 0.173 e. The minimum atomic E-state index is -0.732. The van der Waals surface area contributed by atoms with Crippen LogP contribution < -0.4 is 5.32 Å². The van der Waals surface area contributed by atoms with Gasteiger partial charge in [0.1, 0.15) is 11.5 Å². The van der Waals surface area contributed by atoms with Gasteiger partial charge in [-0.2, -0.15) is 4.68 Å². The maximum absolute atomic E-state index is 13.9. The van der Waals surface area contributed by atoms with E-state index < -0.39 is 11.6 Å². The van der Waals surface area contributed by atoms with Gasteiger partial charge >= 0.3 is 0 Å². The zero-order valence-electron chi connectivity index (χ0n) is 10.4. The summed E-state index contributed by atoms with van der Waals surface area (Å²) in [4.78, 5) is 0. The summed E-state index contributed by atoms with van der Waals surface area (Å²) in [5.74, 6) is -0.945. The average molecular weight is 332 g/mol. The van der Waals surface area contributed by atoms with Gasteiger partial charge in [0.2, 0.25) is 0 Å². The Bertz CT molecular complexity index is 563. The van der Waals surface area contributed by atoms with Gasteiger partial charge in [0.05, 0.1) is 6.04 Å². The fourth-order valence-corrected chi connectivity index (χ4v) is 2.33. The molecule has 0 amide bonds. The van der Waals surface area contributed by atoms with Crippen molar-refractivity contribution in [1.82, 2.24) is 25.5 Å². The lowest BCUT2D eigenvalue weighted by Gasteiger charge is -2.13. The van der Waals surface area contributed by atoms with Crippen LogP contribution in [0.1, 0.15) is 25.7 Å². The van der Waals surface area contributed by atoms with Gasteiger partial charge < -0.3 is 5.32 Å². The van der Waals surface area contributed by atoms with Crippen LogP contribution in [0.3, 0.4) is 0 Å². The number of halogens is 3. The summed E-state index contributed by atoms with van der Waals surface area (Å²) in [7, 11) is 0. The van der Waals surface area contributed by atoms with E-state index in [4.69, 9.17) is 0 Å². The van der Waals surface area contributed by atoms with E-state index in [2.05, 4.69) is 36.8 Å². The molecule has 0 radical (unpaired) electrons. The number of hydrogen-bond acceptors (Lipinski definition) is 4. The van der Waals surface area contributed by atoms with Crippen LogP contribution in [0, 0.1) is 11.6 Å². The van der Waals surface area contributed by atoms with Crippen molar-refractivity contribution in [1.29, 1.82) is 0 Å². The van der Waals surface area contributed by atoms with Crippen molar-refractivity contribution >= 4 is 15.9 Å². The number of rotatable bonds is 4. The van der Waals surface area contributed by atoms with Gasteiger partial charge in [-0.15, -0.1) is 5.10 Å². The van der Waals surface area contributed by atoms with Gasteiger partial charge in [-0.1, -0.05) is 6.92 Å². The lowest BCUT2D eigenvalue weighted by atomic mass is 10.2. The zero-order chi connectivity index (χ0) is 14.0. The van der Waals surface area contributed by atoms with E-state index in [1.807, 2.05) is 13.8 Å². The third-order valence-electron chi connectivity index (χ3n) is 2.58. The van der Waals surface area contributed by atoms with E-state index in [9.17, 15) is 8.78 Å². The van der Waals surface area contributed by atoms with Gasteiger partial charge in [-0.3, -0.25) is 0 Å². The zero-order valence-corrected chi connectivity index (χ0v) is 11.9. The van der Waals surface area contributed by atoms with Crippen molar-refractivity contribution in [2.24, 2.45) is 0 Å². The summed E-state index contributed by atoms with van der Waals surface area (Å²) in [6.45, 7) is 4.53. The molecule has 102 valence electrons. The highest BCUT2D eigenvalue weighted by Crippen LogP contribution is 2.26. The Morgan fingerprint density at radius 1 is 1.42 bits per heavy atom. The van der Waals surface area contributed by atoms with Crippen molar-refractivity contribution < 1.29 is 8.78 Å². The van der Waals surface area contributed by atoms with Crippen molar-refractivity contribution in [2.45, 2.75) is 19.9 Å². The number of nitrogens with zero attached hydrogens (tertiary/aromatic N) is 4. The second kappa shape index (κ2) is 5.70. The maximum Gasteiger partial charge on any atom is 0.173 e. The normalized spacial score (nSPS) is 12.7. The molecule has 0 saturated heterocycles. The van der Waals surface area contributed by atoms with Crippen LogP contribution in [0.15, 0.2) is 16.6 Å². The van der Waals surface area contributed by atoms with E-state index in [1.165, 1.54) is 10.7 Å². The molecule has 1 atom stereocenters. The molecule has 0 aliphatic carbocycles. The van der Waals surface area contributed by atoms with Crippen LogP contribution in [0.5, 0.6) is 0 Å². The molecule has 1 heterocycles. The topological polar surface area (TPSA) is 55.6 Å². The number of aromatic nitrogens is 4. The first-order valence-corrected chi connectivity index (χ1v) is 6.50. The number of benzene rings is 1. The van der Waals surface area contributed by atoms with E-state index >= 15 is 0 Å². The SMILES string of the molecule is CCNC(C)c1nnnn1-c1c(F)cc(F)cc1Br. The first-order chi connectivity index (χ1) is 9.04. The summed E-state index contributed by atoms with van der Waals surface area (Å²) < 4.78 is 28.5. The second-order valence-electron chi connectivity index (χ2n) is 3.95. The Kier molecular flexibility index (Phi) is 4.20. The van der Waals surface area contributed by atoms with Gasteiger partial charge in [-0.05, 0) is 45.9 Å². The Morgan fingerprint density at radius 3 is 2.79 bits per heavy atom. The van der Waals surface area contributed by atoms with Gasteiger partial charge in [0.15, 0.2) is 11.6 Å². The molecule has 8 heteroatoms. The van der Waals surface area contributed by atoms with E-state index in [0.717, 1.165) is 12.6 Å². The van der Waals surface area contributed by atoms with Crippen molar-refractivity contribution in [3.8, 4) is 5.69 Å². The molecule has 19 heavy (non-hydrogen) atoms. The minimum absolute atomic E-state index is 0.0890. The molecule has 1 aromatic heterocycles. The Balaban J connectivity index is 2.52. The van der Waals surface area contributed by atoms with Gasteiger partial charge in [0, 0.05) is 10.5 Å². The summed E-state index contributed by atoms with van der Waals surface area (Å²) in [5, 5.41) is 14.3. The number of hydrogen-bond donors (Lipinski definition) is 1. The van der Waals surface area contributed by atoms with Crippen LogP contribution in [0.25, 0.3) is 5.69 Å². The summed E-state index contributed by atoms with van der Waals surface area (Å²) in [5.41, 5.74) is 0.0890. The highest BCUT2D eigenvalue weighted by Gasteiger charge is 2.20. The molecular formula is C11H12BrF2N5. The molecule has 1 unspecified atom stereocenters. The third-order valence-corrected chi connectivity index (χ3v) is 3.19. The van der Waals surface area contributed by atoms with Gasteiger partial charge in [-0.25, -0.2) is 8.78 Å².